The fourth-order valence-electron chi connectivity index (χ4n) is 6.81. The Morgan fingerprint density at radius 2 is 1.67 bits per heavy atom. The van der Waals surface area contributed by atoms with Crippen molar-refractivity contribution in [2.75, 3.05) is 0 Å². The van der Waals surface area contributed by atoms with Crippen molar-refractivity contribution in [3.05, 3.63) is 57.6 Å². The van der Waals surface area contributed by atoms with Crippen LogP contribution in [0.25, 0.3) is 11.1 Å². The molecule has 2 aromatic carbocycles. The third-order valence-electron chi connectivity index (χ3n) is 9.11. The van der Waals surface area contributed by atoms with Gasteiger partial charge in [-0.25, -0.2) is 0 Å². The van der Waals surface area contributed by atoms with Crippen LogP contribution < -0.4 is 0 Å². The van der Waals surface area contributed by atoms with Crippen LogP contribution in [0.4, 0.5) is 0 Å². The first kappa shape index (κ1) is 26.2. The minimum Gasteiger partial charge on any atom is -0.481 e. The number of hydrogen-bond acceptors (Lipinski definition) is 3. The third kappa shape index (κ3) is 4.65. The summed E-state index contributed by atoms with van der Waals surface area (Å²) in [4.78, 5) is 11.6. The maximum absolute atomic E-state index is 11.6. The minimum absolute atomic E-state index is 0.0148. The maximum Gasteiger partial charge on any atom is 0.311 e. The lowest BCUT2D eigenvalue weighted by atomic mass is 9.50. The number of carbonyl (C=O) groups is 1. The molecule has 3 aliphatic carbocycles. The summed E-state index contributed by atoms with van der Waals surface area (Å²) in [6.45, 7) is 4.07. The Kier molecular flexibility index (Phi) is 7.77. The number of aliphatic carboxylic acids is 1. The van der Waals surface area contributed by atoms with Gasteiger partial charge in [0.05, 0.1) is 17.0 Å². The van der Waals surface area contributed by atoms with Crippen LogP contribution in [-0.2, 0) is 10.2 Å². The molecule has 0 amide bonds. The van der Waals surface area contributed by atoms with Crippen LogP contribution in [0.2, 0.25) is 5.02 Å². The molecule has 0 radical (unpaired) electrons. The number of nitriles is 2. The molecule has 2 bridgehead atoms. The van der Waals surface area contributed by atoms with Crippen molar-refractivity contribution < 1.29 is 9.90 Å². The second-order valence-electron chi connectivity index (χ2n) is 10.9. The molecular weight excluding hydrogens is 468 g/mol. The first-order valence-electron chi connectivity index (χ1n) is 13.3. The Balaban J connectivity index is 1.68. The van der Waals surface area contributed by atoms with E-state index in [1.54, 1.807) is 12.1 Å². The van der Waals surface area contributed by atoms with Crippen molar-refractivity contribution in [2.45, 2.75) is 95.8 Å². The van der Waals surface area contributed by atoms with E-state index < -0.39 is 11.9 Å². The van der Waals surface area contributed by atoms with Crippen molar-refractivity contribution in [2.24, 2.45) is 5.41 Å². The normalized spacial score (nSPS) is 23.6. The topological polar surface area (TPSA) is 84.9 Å². The van der Waals surface area contributed by atoms with Crippen LogP contribution in [0.15, 0.2) is 30.3 Å². The van der Waals surface area contributed by atoms with E-state index in [0.29, 0.717) is 39.1 Å². The molecule has 3 saturated carbocycles. The average Bonchev–Trinajstić information content (AvgIpc) is 2.90. The number of unbranched alkanes of at least 4 members (excludes halogenated alkanes) is 2. The van der Waals surface area contributed by atoms with Crippen LogP contribution in [0.1, 0.15) is 113 Å². The average molecular weight is 503 g/mol. The first-order valence-corrected chi connectivity index (χ1v) is 13.7. The quantitative estimate of drug-likeness (QED) is 0.348. The van der Waals surface area contributed by atoms with Gasteiger partial charge in [0.25, 0.3) is 0 Å². The summed E-state index contributed by atoms with van der Waals surface area (Å²) < 4.78 is 0. The second-order valence-corrected chi connectivity index (χ2v) is 11.3. The van der Waals surface area contributed by atoms with Gasteiger partial charge in [-0.1, -0.05) is 69.0 Å². The molecular formula is C31H35ClN2O2. The molecule has 1 N–H and O–H groups in total. The summed E-state index contributed by atoms with van der Waals surface area (Å²) in [5, 5.41) is 30.3. The summed E-state index contributed by atoms with van der Waals surface area (Å²) in [7, 11) is 0. The lowest BCUT2D eigenvalue weighted by Crippen LogP contribution is -2.44. The molecule has 0 heterocycles. The largest absolute Gasteiger partial charge is 0.481 e. The van der Waals surface area contributed by atoms with Gasteiger partial charge >= 0.3 is 5.97 Å². The fraction of sp³-hybridized carbons (Fsp3) is 0.516. The van der Waals surface area contributed by atoms with E-state index in [-0.39, 0.29) is 5.41 Å². The number of nitrogens with zero attached hydrogens (tertiary/aromatic N) is 2. The Hall–Kier alpha value is -2.82. The zero-order valence-corrected chi connectivity index (χ0v) is 22.1. The van der Waals surface area contributed by atoms with E-state index in [1.165, 1.54) is 44.9 Å². The van der Waals surface area contributed by atoms with Gasteiger partial charge in [0.1, 0.15) is 12.1 Å². The lowest BCUT2D eigenvalue weighted by Gasteiger charge is -2.54. The van der Waals surface area contributed by atoms with Crippen molar-refractivity contribution >= 4 is 17.6 Å². The van der Waals surface area contributed by atoms with Gasteiger partial charge in [0.15, 0.2) is 0 Å². The fourth-order valence-corrected chi connectivity index (χ4v) is 7.13. The molecule has 5 heteroatoms. The van der Waals surface area contributed by atoms with Crippen LogP contribution >= 0.6 is 11.6 Å². The minimum atomic E-state index is -0.908. The number of rotatable bonds is 9. The first-order chi connectivity index (χ1) is 17.3. The highest BCUT2D eigenvalue weighted by molar-refractivity contribution is 6.32. The van der Waals surface area contributed by atoms with Crippen LogP contribution in [-0.4, -0.2) is 11.1 Å². The lowest BCUT2D eigenvalue weighted by molar-refractivity contribution is -0.138. The molecule has 1 atom stereocenters. The zero-order chi connectivity index (χ0) is 25.9. The van der Waals surface area contributed by atoms with E-state index in [0.717, 1.165) is 30.4 Å². The highest BCUT2D eigenvalue weighted by Gasteiger charge is 2.49. The summed E-state index contributed by atoms with van der Waals surface area (Å²) >= 11 is 6.52. The van der Waals surface area contributed by atoms with Crippen LogP contribution in [0.3, 0.4) is 0 Å². The van der Waals surface area contributed by atoms with Crippen molar-refractivity contribution in [3.63, 3.8) is 0 Å². The number of fused-ring (bicyclic) bond motifs is 3. The van der Waals surface area contributed by atoms with Gasteiger partial charge in [0.2, 0.25) is 0 Å². The van der Waals surface area contributed by atoms with E-state index in [4.69, 9.17) is 11.6 Å². The molecule has 36 heavy (non-hydrogen) atoms. The molecule has 0 spiro atoms. The van der Waals surface area contributed by atoms with Gasteiger partial charge in [-0.3, -0.25) is 4.79 Å². The van der Waals surface area contributed by atoms with E-state index in [1.807, 2.05) is 19.1 Å². The van der Waals surface area contributed by atoms with Crippen LogP contribution in [0.5, 0.6) is 0 Å². The molecule has 3 fully saturated rings. The number of carboxylic acids is 1. The molecule has 1 unspecified atom stereocenters. The van der Waals surface area contributed by atoms with Crippen molar-refractivity contribution in [1.82, 2.24) is 0 Å². The number of benzene rings is 2. The van der Waals surface area contributed by atoms with Crippen LogP contribution in [0, 0.1) is 28.1 Å². The predicted molar refractivity (Wildman–Crippen MR) is 143 cm³/mol. The molecule has 0 aromatic heterocycles. The zero-order valence-electron chi connectivity index (χ0n) is 21.4. The summed E-state index contributed by atoms with van der Waals surface area (Å²) in [6.07, 6.45) is 12.5. The Morgan fingerprint density at radius 1 is 1.00 bits per heavy atom. The van der Waals surface area contributed by atoms with E-state index in [9.17, 15) is 20.4 Å². The number of hydrogen-bond donors (Lipinski definition) is 1. The standard InChI is InChI=1S/C31H35ClN2O2/c1-3-5-6-11-30-12-15-31(16-13-30,17-14-30)27-10-9-23(25(19-33)26(27)20-34)21-7-8-24(28(32)18-21)22(4-2)29(35)36/h7-10,18,22H,3-6,11-17H2,1-2H3,(H,35,36). The Labute approximate surface area is 219 Å². The summed E-state index contributed by atoms with van der Waals surface area (Å²) in [5.74, 6) is -1.58. The van der Waals surface area contributed by atoms with Gasteiger partial charge in [-0.05, 0) is 85.0 Å². The smallest absolute Gasteiger partial charge is 0.311 e. The molecule has 0 saturated heterocycles. The maximum atomic E-state index is 11.6. The van der Waals surface area contributed by atoms with Gasteiger partial charge in [-0.15, -0.1) is 0 Å². The van der Waals surface area contributed by atoms with Crippen molar-refractivity contribution in [3.8, 4) is 23.3 Å². The Morgan fingerprint density at radius 3 is 2.19 bits per heavy atom. The molecule has 5 rings (SSSR count). The SMILES string of the molecule is CCCCCC12CCC(c3ccc(-c4ccc(C(CC)C(=O)O)c(Cl)c4)c(C#N)c3C#N)(CC1)CC2. The molecule has 2 aromatic rings. The third-order valence-corrected chi connectivity index (χ3v) is 9.43. The van der Waals surface area contributed by atoms with Gasteiger partial charge in [-0.2, -0.15) is 10.5 Å². The van der Waals surface area contributed by atoms with Gasteiger partial charge < -0.3 is 5.11 Å². The molecule has 3 aliphatic rings. The predicted octanol–water partition coefficient (Wildman–Crippen LogP) is 8.50. The highest BCUT2D eigenvalue weighted by Crippen LogP contribution is 2.60. The summed E-state index contributed by atoms with van der Waals surface area (Å²) in [6, 6.07) is 14.0. The monoisotopic (exact) mass is 502 g/mol. The Bertz CT molecular complexity index is 1210. The van der Waals surface area contributed by atoms with Gasteiger partial charge in [0, 0.05) is 10.6 Å². The van der Waals surface area contributed by atoms with E-state index in [2.05, 4.69) is 25.1 Å². The van der Waals surface area contributed by atoms with Crippen molar-refractivity contribution in [1.29, 1.82) is 10.5 Å². The molecule has 188 valence electrons. The van der Waals surface area contributed by atoms with E-state index >= 15 is 0 Å². The second kappa shape index (κ2) is 10.7. The number of carboxylic acid groups (broad SMARTS) is 1. The highest BCUT2D eigenvalue weighted by atomic mass is 35.5. The molecule has 4 nitrogen and oxygen atoms in total. The molecule has 0 aliphatic heterocycles. The number of halogens is 1. The summed E-state index contributed by atoms with van der Waals surface area (Å²) in [5.41, 5.74) is 4.35.